The van der Waals surface area contributed by atoms with Crippen LogP contribution >= 0.6 is 0 Å². The first kappa shape index (κ1) is 12.7. The van der Waals surface area contributed by atoms with Crippen LogP contribution in [0.25, 0.3) is 0 Å². The Labute approximate surface area is 95.2 Å². The van der Waals surface area contributed by atoms with Crippen LogP contribution in [0.1, 0.15) is 15.9 Å². The minimum absolute atomic E-state index is 0.313. The Bertz CT molecular complexity index is 503. The van der Waals surface area contributed by atoms with Crippen molar-refractivity contribution in [1.82, 2.24) is 0 Å². The van der Waals surface area contributed by atoms with Gasteiger partial charge in [0, 0.05) is 6.26 Å². The van der Waals surface area contributed by atoms with Crippen molar-refractivity contribution in [1.29, 1.82) is 0 Å². The van der Waals surface area contributed by atoms with Gasteiger partial charge in [0.2, 0.25) is 0 Å². The normalized spacial score (nSPS) is 11.2. The fourth-order valence-electron chi connectivity index (χ4n) is 1.36. The molecule has 0 amide bonds. The Morgan fingerprint density at radius 3 is 2.50 bits per heavy atom. The zero-order valence-corrected chi connectivity index (χ0v) is 10.3. The number of aryl methyl sites for hydroxylation is 1. The fraction of sp³-hybridized carbons (Fsp3) is 0.364. The van der Waals surface area contributed by atoms with Crippen LogP contribution in [-0.4, -0.2) is 33.3 Å². The van der Waals surface area contributed by atoms with Gasteiger partial charge in [0.15, 0.2) is 15.6 Å². The van der Waals surface area contributed by atoms with E-state index < -0.39 is 21.4 Å². The van der Waals surface area contributed by atoms with E-state index in [2.05, 4.69) is 0 Å². The topological polar surface area (TPSA) is 60.4 Å². The molecule has 0 saturated carbocycles. The summed E-state index contributed by atoms with van der Waals surface area (Å²) in [5, 5.41) is 0. The van der Waals surface area contributed by atoms with Gasteiger partial charge >= 0.3 is 0 Å². The Hall–Kier alpha value is -1.36. The fourth-order valence-corrected chi connectivity index (χ4v) is 1.99. The van der Waals surface area contributed by atoms with Gasteiger partial charge in [0.1, 0.15) is 11.5 Å². The third-order valence-corrected chi connectivity index (χ3v) is 2.84. The van der Waals surface area contributed by atoms with Crippen molar-refractivity contribution in [2.45, 2.75) is 6.92 Å². The highest BCUT2D eigenvalue weighted by molar-refractivity contribution is 7.91. The maximum Gasteiger partial charge on any atom is 0.181 e. The molecular formula is C11H14O4S. The van der Waals surface area contributed by atoms with E-state index in [1.807, 2.05) is 6.92 Å². The monoisotopic (exact) mass is 242 g/mol. The molecular weight excluding hydrogens is 228 g/mol. The van der Waals surface area contributed by atoms with Crippen molar-refractivity contribution in [3.63, 3.8) is 0 Å². The molecule has 0 aliphatic rings. The van der Waals surface area contributed by atoms with Gasteiger partial charge in [0.05, 0.1) is 12.7 Å². The van der Waals surface area contributed by atoms with Crippen LogP contribution in [0, 0.1) is 6.92 Å². The van der Waals surface area contributed by atoms with E-state index >= 15 is 0 Å². The number of hydrogen-bond donors (Lipinski definition) is 0. The number of Topliss-reactive ketones (excluding diaryl/α,β-unsaturated/α-hetero) is 1. The van der Waals surface area contributed by atoms with Gasteiger partial charge < -0.3 is 4.74 Å². The van der Waals surface area contributed by atoms with Gasteiger partial charge in [-0.05, 0) is 19.1 Å². The van der Waals surface area contributed by atoms with Crippen molar-refractivity contribution < 1.29 is 17.9 Å². The van der Waals surface area contributed by atoms with Crippen molar-refractivity contribution in [3.05, 3.63) is 29.3 Å². The number of ketones is 1. The Morgan fingerprint density at radius 2 is 2.00 bits per heavy atom. The number of hydrogen-bond acceptors (Lipinski definition) is 4. The van der Waals surface area contributed by atoms with E-state index in [-0.39, 0.29) is 0 Å². The summed E-state index contributed by atoms with van der Waals surface area (Å²) in [5.41, 5.74) is 1.20. The van der Waals surface area contributed by atoms with E-state index in [1.165, 1.54) is 7.11 Å². The molecule has 0 aromatic heterocycles. The molecule has 0 fully saturated rings. The first-order valence-corrected chi connectivity index (χ1v) is 6.75. The summed E-state index contributed by atoms with van der Waals surface area (Å²) in [6, 6.07) is 5.09. The molecule has 0 atom stereocenters. The Morgan fingerprint density at radius 1 is 1.38 bits per heavy atom. The lowest BCUT2D eigenvalue weighted by atomic mass is 10.1. The molecule has 16 heavy (non-hydrogen) atoms. The minimum Gasteiger partial charge on any atom is -0.496 e. The Balaban J connectivity index is 3.12. The molecule has 0 N–H and O–H groups in total. The molecule has 5 heteroatoms. The zero-order valence-electron chi connectivity index (χ0n) is 9.48. The maximum atomic E-state index is 11.7. The third-order valence-electron chi connectivity index (χ3n) is 2.05. The van der Waals surface area contributed by atoms with Crippen molar-refractivity contribution in [2.24, 2.45) is 0 Å². The van der Waals surface area contributed by atoms with E-state index in [4.69, 9.17) is 4.74 Å². The second kappa shape index (κ2) is 4.65. The first-order chi connectivity index (χ1) is 7.33. The number of carbonyl (C=O) groups is 1. The molecule has 1 aromatic carbocycles. The molecule has 88 valence electrons. The first-order valence-electron chi connectivity index (χ1n) is 4.69. The van der Waals surface area contributed by atoms with Crippen molar-refractivity contribution >= 4 is 15.6 Å². The highest BCUT2D eigenvalue weighted by Gasteiger charge is 2.17. The van der Waals surface area contributed by atoms with Crippen molar-refractivity contribution in [2.75, 3.05) is 19.1 Å². The summed E-state index contributed by atoms with van der Waals surface area (Å²) in [6.45, 7) is 1.83. The minimum atomic E-state index is -3.31. The number of carbonyl (C=O) groups excluding carboxylic acids is 1. The molecule has 0 saturated heterocycles. The summed E-state index contributed by atoms with van der Waals surface area (Å²) >= 11 is 0. The molecule has 1 rings (SSSR count). The van der Waals surface area contributed by atoms with E-state index in [0.717, 1.165) is 11.8 Å². The van der Waals surface area contributed by atoms with Gasteiger partial charge in [-0.2, -0.15) is 0 Å². The molecule has 0 spiro atoms. The molecule has 0 unspecified atom stereocenters. The second-order valence-electron chi connectivity index (χ2n) is 3.70. The summed E-state index contributed by atoms with van der Waals surface area (Å²) < 4.78 is 27.1. The standard InChI is InChI=1S/C11H14O4S/c1-8-4-5-11(15-2)9(6-8)10(12)7-16(3,13)14/h4-6H,7H2,1-3H3. The summed E-state index contributed by atoms with van der Waals surface area (Å²) in [5.74, 6) is -0.533. The smallest absolute Gasteiger partial charge is 0.181 e. The summed E-state index contributed by atoms with van der Waals surface area (Å²) in [7, 11) is -1.87. The average molecular weight is 242 g/mol. The predicted octanol–water partition coefficient (Wildman–Crippen LogP) is 1.23. The zero-order chi connectivity index (χ0) is 12.3. The number of sulfone groups is 1. The average Bonchev–Trinajstić information content (AvgIpc) is 2.15. The summed E-state index contributed by atoms with van der Waals surface area (Å²) in [4.78, 5) is 11.7. The lowest BCUT2D eigenvalue weighted by molar-refractivity contribution is 0.101. The molecule has 0 radical (unpaired) electrons. The van der Waals surface area contributed by atoms with Gasteiger partial charge in [-0.3, -0.25) is 4.79 Å². The third kappa shape index (κ3) is 3.34. The van der Waals surface area contributed by atoms with E-state index in [9.17, 15) is 13.2 Å². The number of rotatable bonds is 4. The van der Waals surface area contributed by atoms with Crippen LogP contribution in [0.2, 0.25) is 0 Å². The molecule has 0 bridgehead atoms. The van der Waals surface area contributed by atoms with Crippen LogP contribution in [0.15, 0.2) is 18.2 Å². The molecule has 4 nitrogen and oxygen atoms in total. The highest BCUT2D eigenvalue weighted by atomic mass is 32.2. The molecule has 0 aliphatic carbocycles. The Kier molecular flexibility index (Phi) is 3.70. The van der Waals surface area contributed by atoms with Crippen LogP contribution in [0.4, 0.5) is 0 Å². The second-order valence-corrected chi connectivity index (χ2v) is 5.84. The van der Waals surface area contributed by atoms with Crippen LogP contribution in [-0.2, 0) is 9.84 Å². The van der Waals surface area contributed by atoms with Crippen LogP contribution in [0.3, 0.4) is 0 Å². The maximum absolute atomic E-state index is 11.7. The van der Waals surface area contributed by atoms with Gasteiger partial charge in [-0.15, -0.1) is 0 Å². The largest absolute Gasteiger partial charge is 0.496 e. The number of ether oxygens (including phenoxy) is 1. The SMILES string of the molecule is COc1ccc(C)cc1C(=O)CS(C)(=O)=O. The summed E-state index contributed by atoms with van der Waals surface area (Å²) in [6.07, 6.45) is 1.03. The molecule has 0 aliphatic heterocycles. The molecule has 0 heterocycles. The van der Waals surface area contributed by atoms with Crippen molar-refractivity contribution in [3.8, 4) is 5.75 Å². The number of benzene rings is 1. The van der Waals surface area contributed by atoms with E-state index in [1.54, 1.807) is 18.2 Å². The lowest BCUT2D eigenvalue weighted by Crippen LogP contribution is -2.15. The molecule has 1 aromatic rings. The van der Waals surface area contributed by atoms with Gasteiger partial charge in [-0.1, -0.05) is 11.6 Å². The van der Waals surface area contributed by atoms with E-state index in [0.29, 0.717) is 11.3 Å². The van der Waals surface area contributed by atoms with Gasteiger partial charge in [-0.25, -0.2) is 8.42 Å². The van der Waals surface area contributed by atoms with Crippen LogP contribution in [0.5, 0.6) is 5.75 Å². The quantitative estimate of drug-likeness (QED) is 0.745. The van der Waals surface area contributed by atoms with Crippen LogP contribution < -0.4 is 4.74 Å². The lowest BCUT2D eigenvalue weighted by Gasteiger charge is -2.07. The predicted molar refractivity (Wildman–Crippen MR) is 61.8 cm³/mol. The number of methoxy groups -OCH3 is 1. The highest BCUT2D eigenvalue weighted by Crippen LogP contribution is 2.20. The van der Waals surface area contributed by atoms with Gasteiger partial charge in [0.25, 0.3) is 0 Å².